The van der Waals surface area contributed by atoms with Gasteiger partial charge in [-0.1, -0.05) is 37.1 Å². The van der Waals surface area contributed by atoms with E-state index in [1.165, 1.54) is 51.4 Å². The lowest BCUT2D eigenvalue weighted by molar-refractivity contribution is -0.0524. The SMILES string of the molecule is CC1C[C@@H]2CC(N3[C@@H]4CCC[C@H]3CC(n3c(=O)c(Cl)nc5ccccc53)C4)C[C@H](C1)C2. The first kappa shape index (κ1) is 20.2. The first-order chi connectivity index (χ1) is 15.1. The van der Waals surface area contributed by atoms with Gasteiger partial charge in [0.15, 0.2) is 5.15 Å². The topological polar surface area (TPSA) is 38.1 Å². The molecule has 1 aromatic carbocycles. The highest BCUT2D eigenvalue weighted by Gasteiger charge is 2.46. The Morgan fingerprint density at radius 3 is 2.26 bits per heavy atom. The number of para-hydroxylation sites is 2. The summed E-state index contributed by atoms with van der Waals surface area (Å²) in [5.41, 5.74) is 1.65. The van der Waals surface area contributed by atoms with Gasteiger partial charge in [0, 0.05) is 24.2 Å². The summed E-state index contributed by atoms with van der Waals surface area (Å²) in [6.45, 7) is 2.46. The number of halogens is 1. The van der Waals surface area contributed by atoms with Gasteiger partial charge in [-0.25, -0.2) is 4.98 Å². The summed E-state index contributed by atoms with van der Waals surface area (Å²) < 4.78 is 1.99. The van der Waals surface area contributed by atoms with Gasteiger partial charge in [0.2, 0.25) is 0 Å². The number of rotatable bonds is 2. The fourth-order valence-electron chi connectivity index (χ4n) is 8.08. The average Bonchev–Trinajstić information content (AvgIpc) is 2.73. The van der Waals surface area contributed by atoms with Gasteiger partial charge in [-0.3, -0.25) is 9.69 Å². The van der Waals surface area contributed by atoms with E-state index in [0.717, 1.165) is 47.7 Å². The fourth-order valence-corrected chi connectivity index (χ4v) is 8.26. The normalized spacial score (nSPS) is 38.3. The molecule has 0 N–H and O–H groups in total. The van der Waals surface area contributed by atoms with Crippen LogP contribution in [0.3, 0.4) is 0 Å². The third-order valence-electron chi connectivity index (χ3n) is 8.90. The van der Waals surface area contributed by atoms with Crippen molar-refractivity contribution in [2.45, 2.75) is 95.3 Å². The second-order valence-electron chi connectivity index (χ2n) is 11.0. The maximum Gasteiger partial charge on any atom is 0.288 e. The van der Waals surface area contributed by atoms with Crippen LogP contribution in [0.15, 0.2) is 29.1 Å². The highest BCUT2D eigenvalue weighted by Crippen LogP contribution is 2.48. The fraction of sp³-hybridized carbons (Fsp3) is 0.692. The Morgan fingerprint density at radius 2 is 1.55 bits per heavy atom. The van der Waals surface area contributed by atoms with Gasteiger partial charge in [0.05, 0.1) is 11.0 Å². The van der Waals surface area contributed by atoms with Crippen LogP contribution < -0.4 is 5.56 Å². The number of fused-ring (bicyclic) bond motifs is 5. The zero-order valence-corrected chi connectivity index (χ0v) is 19.3. The van der Waals surface area contributed by atoms with Crippen LogP contribution in [-0.4, -0.2) is 32.6 Å². The highest BCUT2D eigenvalue weighted by molar-refractivity contribution is 6.29. The van der Waals surface area contributed by atoms with Crippen molar-refractivity contribution in [1.29, 1.82) is 0 Å². The molecular weight excluding hydrogens is 406 g/mol. The average molecular weight is 440 g/mol. The smallest absolute Gasteiger partial charge is 0.288 e. The predicted molar refractivity (Wildman–Crippen MR) is 126 cm³/mol. The Bertz CT molecular complexity index is 1000. The van der Waals surface area contributed by atoms with Crippen molar-refractivity contribution in [2.24, 2.45) is 17.8 Å². The standard InChI is InChI=1S/C26H34ClN3O/c1-16-9-17-11-18(10-16)13-21(12-17)29-19-5-4-6-20(29)15-22(14-19)30-24-8-3-2-7-23(24)28-25(27)26(30)31/h2-3,7-8,16-22H,4-6,9-15H2,1H3/t16?,17-,18+,19-,20+,21?,22?. The number of benzene rings is 1. The quantitative estimate of drug-likeness (QED) is 0.591. The third-order valence-corrected chi connectivity index (χ3v) is 9.14. The Kier molecular flexibility index (Phi) is 5.14. The molecule has 4 aliphatic rings. The van der Waals surface area contributed by atoms with Crippen LogP contribution in [0.5, 0.6) is 0 Å². The summed E-state index contributed by atoms with van der Waals surface area (Å²) in [7, 11) is 0. The molecule has 4 fully saturated rings. The molecule has 0 amide bonds. The van der Waals surface area contributed by atoms with Crippen LogP contribution in [-0.2, 0) is 0 Å². The summed E-state index contributed by atoms with van der Waals surface area (Å²) in [5, 5.41) is 0.112. The summed E-state index contributed by atoms with van der Waals surface area (Å²) in [6.07, 6.45) is 13.2. The molecule has 31 heavy (non-hydrogen) atoms. The molecule has 2 saturated carbocycles. The van der Waals surface area contributed by atoms with E-state index >= 15 is 0 Å². The summed E-state index contributed by atoms with van der Waals surface area (Å²) in [4.78, 5) is 20.4. The molecule has 2 aliphatic carbocycles. The van der Waals surface area contributed by atoms with Crippen molar-refractivity contribution < 1.29 is 0 Å². The second kappa shape index (κ2) is 7.88. The number of hydrogen-bond acceptors (Lipinski definition) is 3. The van der Waals surface area contributed by atoms with E-state index in [1.54, 1.807) is 0 Å². The minimum absolute atomic E-state index is 0.112. The van der Waals surface area contributed by atoms with Crippen LogP contribution in [0.4, 0.5) is 0 Å². The van der Waals surface area contributed by atoms with Crippen molar-refractivity contribution in [3.05, 3.63) is 39.8 Å². The van der Waals surface area contributed by atoms with E-state index in [0.29, 0.717) is 12.1 Å². The number of hydrogen-bond donors (Lipinski definition) is 0. The van der Waals surface area contributed by atoms with Crippen molar-refractivity contribution in [3.8, 4) is 0 Å². The van der Waals surface area contributed by atoms with Crippen LogP contribution in [0.25, 0.3) is 11.0 Å². The van der Waals surface area contributed by atoms with Gasteiger partial charge >= 0.3 is 0 Å². The maximum atomic E-state index is 13.1. The lowest BCUT2D eigenvalue weighted by atomic mass is 9.65. The van der Waals surface area contributed by atoms with Gasteiger partial charge in [-0.15, -0.1) is 0 Å². The van der Waals surface area contributed by atoms with E-state index in [2.05, 4.69) is 16.8 Å². The van der Waals surface area contributed by atoms with Crippen LogP contribution >= 0.6 is 11.6 Å². The van der Waals surface area contributed by atoms with E-state index in [9.17, 15) is 4.79 Å². The summed E-state index contributed by atoms with van der Waals surface area (Å²) in [6, 6.07) is 10.2. The molecule has 5 heteroatoms. The van der Waals surface area contributed by atoms with E-state index < -0.39 is 0 Å². The first-order valence-electron chi connectivity index (χ1n) is 12.5. The van der Waals surface area contributed by atoms with Gasteiger partial charge in [0.25, 0.3) is 5.56 Å². The first-order valence-corrected chi connectivity index (χ1v) is 12.9. The molecular formula is C26H34ClN3O. The predicted octanol–water partition coefficient (Wildman–Crippen LogP) is 5.82. The molecule has 6 rings (SSSR count). The largest absolute Gasteiger partial charge is 0.301 e. The third kappa shape index (κ3) is 3.54. The highest BCUT2D eigenvalue weighted by atomic mass is 35.5. The summed E-state index contributed by atoms with van der Waals surface area (Å²) in [5.74, 6) is 2.81. The molecule has 3 unspecified atom stereocenters. The van der Waals surface area contributed by atoms with Gasteiger partial charge in [-0.2, -0.15) is 0 Å². The number of aromatic nitrogens is 2. The molecule has 2 aromatic rings. The van der Waals surface area contributed by atoms with Crippen molar-refractivity contribution in [3.63, 3.8) is 0 Å². The monoisotopic (exact) mass is 439 g/mol. The Hall–Kier alpha value is -1.39. The number of piperidine rings is 2. The van der Waals surface area contributed by atoms with Gasteiger partial charge < -0.3 is 4.57 Å². The number of nitrogens with zero attached hydrogens (tertiary/aromatic N) is 3. The van der Waals surface area contributed by atoms with Crippen molar-refractivity contribution in [2.75, 3.05) is 0 Å². The lowest BCUT2D eigenvalue weighted by Crippen LogP contribution is -2.58. The molecule has 2 aliphatic heterocycles. The van der Waals surface area contributed by atoms with Crippen LogP contribution in [0.1, 0.15) is 77.2 Å². The van der Waals surface area contributed by atoms with E-state index in [1.807, 2.05) is 28.8 Å². The van der Waals surface area contributed by atoms with Crippen LogP contribution in [0.2, 0.25) is 5.15 Å². The molecule has 166 valence electrons. The molecule has 3 heterocycles. The van der Waals surface area contributed by atoms with Gasteiger partial charge in [-0.05, 0) is 87.7 Å². The molecule has 4 bridgehead atoms. The van der Waals surface area contributed by atoms with Crippen molar-refractivity contribution >= 4 is 22.6 Å². The Morgan fingerprint density at radius 1 is 0.871 bits per heavy atom. The zero-order chi connectivity index (χ0) is 21.1. The maximum absolute atomic E-state index is 13.1. The minimum atomic E-state index is -0.113. The van der Waals surface area contributed by atoms with Crippen molar-refractivity contribution in [1.82, 2.24) is 14.5 Å². The Labute approximate surface area is 190 Å². The summed E-state index contributed by atoms with van der Waals surface area (Å²) >= 11 is 6.29. The minimum Gasteiger partial charge on any atom is -0.301 e. The molecule has 7 atom stereocenters. The van der Waals surface area contributed by atoms with Gasteiger partial charge in [0.1, 0.15) is 0 Å². The molecule has 0 spiro atoms. The lowest BCUT2D eigenvalue weighted by Gasteiger charge is -2.55. The zero-order valence-electron chi connectivity index (χ0n) is 18.5. The molecule has 2 saturated heterocycles. The van der Waals surface area contributed by atoms with E-state index in [4.69, 9.17) is 11.6 Å². The molecule has 0 radical (unpaired) electrons. The second-order valence-corrected chi connectivity index (χ2v) is 11.4. The molecule has 1 aromatic heterocycles. The molecule has 4 nitrogen and oxygen atoms in total. The van der Waals surface area contributed by atoms with Crippen LogP contribution in [0, 0.1) is 17.8 Å². The van der Waals surface area contributed by atoms with E-state index in [-0.39, 0.29) is 16.8 Å². The Balaban J connectivity index is 1.31.